The quantitative estimate of drug-likeness (QED) is 0.884. The van der Waals surface area contributed by atoms with Crippen molar-refractivity contribution in [2.24, 2.45) is 0 Å². The van der Waals surface area contributed by atoms with Gasteiger partial charge in [0.1, 0.15) is 5.82 Å². The molecule has 1 aromatic heterocycles. The lowest BCUT2D eigenvalue weighted by atomic mass is 10.0. The summed E-state index contributed by atoms with van der Waals surface area (Å²) in [6.45, 7) is 0. The number of benzene rings is 1. The van der Waals surface area contributed by atoms with Crippen LogP contribution in [-0.4, -0.2) is 27.1 Å². The number of carbonyl (C=O) groups is 2. The van der Waals surface area contributed by atoms with E-state index in [2.05, 4.69) is 4.98 Å². The van der Waals surface area contributed by atoms with Crippen LogP contribution in [0.25, 0.3) is 11.1 Å². The summed E-state index contributed by atoms with van der Waals surface area (Å²) >= 11 is 0. The van der Waals surface area contributed by atoms with E-state index in [9.17, 15) is 14.0 Å². The first-order valence-corrected chi connectivity index (χ1v) is 5.20. The van der Waals surface area contributed by atoms with Crippen molar-refractivity contribution in [1.82, 2.24) is 4.98 Å². The number of carboxylic acid groups (broad SMARTS) is 2. The summed E-state index contributed by atoms with van der Waals surface area (Å²) in [6, 6.07) is 4.57. The summed E-state index contributed by atoms with van der Waals surface area (Å²) in [5.41, 5.74) is 0.323. The van der Waals surface area contributed by atoms with Gasteiger partial charge in [-0.3, -0.25) is 4.98 Å². The zero-order valence-corrected chi connectivity index (χ0v) is 9.50. The van der Waals surface area contributed by atoms with Gasteiger partial charge in [-0.2, -0.15) is 0 Å². The van der Waals surface area contributed by atoms with E-state index in [-0.39, 0.29) is 16.7 Å². The van der Waals surface area contributed by atoms with Gasteiger partial charge in [-0.05, 0) is 29.8 Å². The summed E-state index contributed by atoms with van der Waals surface area (Å²) in [7, 11) is 0. The van der Waals surface area contributed by atoms with Gasteiger partial charge in [-0.25, -0.2) is 14.0 Å². The molecule has 2 rings (SSSR count). The van der Waals surface area contributed by atoms with Crippen molar-refractivity contribution in [1.29, 1.82) is 0 Å². The standard InChI is InChI=1S/C13H8FNO4/c14-11-3-7(1-8(4-11)12(16)17)9-2-10(13(18)19)6-15-5-9/h1-6H,(H,16,17)(H,18,19). The van der Waals surface area contributed by atoms with Crippen molar-refractivity contribution in [3.63, 3.8) is 0 Å². The monoisotopic (exact) mass is 261 g/mol. The van der Waals surface area contributed by atoms with Crippen LogP contribution in [0, 0.1) is 5.82 Å². The number of carboxylic acids is 2. The predicted molar refractivity (Wildman–Crippen MR) is 63.5 cm³/mol. The highest BCUT2D eigenvalue weighted by Crippen LogP contribution is 2.22. The van der Waals surface area contributed by atoms with Gasteiger partial charge in [0.05, 0.1) is 11.1 Å². The van der Waals surface area contributed by atoms with Crippen molar-refractivity contribution < 1.29 is 24.2 Å². The minimum absolute atomic E-state index is 0.0568. The Morgan fingerprint density at radius 1 is 0.895 bits per heavy atom. The Morgan fingerprint density at radius 3 is 2.16 bits per heavy atom. The average Bonchev–Trinajstić information content (AvgIpc) is 2.38. The molecule has 0 saturated carbocycles. The SMILES string of the molecule is O=C(O)c1cncc(-c2cc(F)cc(C(=O)O)c2)c1. The Labute approximate surface area is 107 Å². The second-order valence-electron chi connectivity index (χ2n) is 3.80. The van der Waals surface area contributed by atoms with Crippen LogP contribution in [0.1, 0.15) is 20.7 Å². The van der Waals surface area contributed by atoms with Gasteiger partial charge in [0, 0.05) is 18.0 Å². The highest BCUT2D eigenvalue weighted by Gasteiger charge is 2.10. The molecule has 0 aliphatic heterocycles. The lowest BCUT2D eigenvalue weighted by Crippen LogP contribution is -1.99. The van der Waals surface area contributed by atoms with Crippen LogP contribution in [0.15, 0.2) is 36.7 Å². The third kappa shape index (κ3) is 2.74. The van der Waals surface area contributed by atoms with E-state index in [1.54, 1.807) is 0 Å². The maximum atomic E-state index is 13.3. The van der Waals surface area contributed by atoms with Gasteiger partial charge in [0.15, 0.2) is 0 Å². The molecule has 1 aromatic carbocycles. The lowest BCUT2D eigenvalue weighted by molar-refractivity contribution is 0.0685. The maximum Gasteiger partial charge on any atom is 0.337 e. The second kappa shape index (κ2) is 4.85. The van der Waals surface area contributed by atoms with E-state index >= 15 is 0 Å². The fraction of sp³-hybridized carbons (Fsp3) is 0. The molecule has 0 bridgehead atoms. The first-order chi connectivity index (χ1) is 8.97. The van der Waals surface area contributed by atoms with Crippen molar-refractivity contribution >= 4 is 11.9 Å². The van der Waals surface area contributed by atoms with Gasteiger partial charge < -0.3 is 10.2 Å². The molecule has 1 heterocycles. The molecule has 0 fully saturated rings. The smallest absolute Gasteiger partial charge is 0.337 e. The summed E-state index contributed by atoms with van der Waals surface area (Å²) in [5, 5.41) is 17.7. The highest BCUT2D eigenvalue weighted by molar-refractivity contribution is 5.91. The molecule has 0 amide bonds. The molecule has 0 unspecified atom stereocenters. The zero-order valence-electron chi connectivity index (χ0n) is 9.50. The number of aromatic nitrogens is 1. The van der Waals surface area contributed by atoms with E-state index in [4.69, 9.17) is 10.2 Å². The average molecular weight is 261 g/mol. The molecular weight excluding hydrogens is 253 g/mol. The Morgan fingerprint density at radius 2 is 1.53 bits per heavy atom. The Balaban J connectivity index is 2.55. The van der Waals surface area contributed by atoms with Crippen LogP contribution in [0.4, 0.5) is 4.39 Å². The number of nitrogens with zero attached hydrogens (tertiary/aromatic N) is 1. The molecule has 0 saturated heterocycles. The Hall–Kier alpha value is -2.76. The summed E-state index contributed by atoms with van der Waals surface area (Å²) in [5.74, 6) is -3.14. The third-order valence-corrected chi connectivity index (χ3v) is 2.46. The molecular formula is C13H8FNO4. The van der Waals surface area contributed by atoms with Crippen molar-refractivity contribution in [3.8, 4) is 11.1 Å². The van der Waals surface area contributed by atoms with Crippen LogP contribution in [0.3, 0.4) is 0 Å². The maximum absolute atomic E-state index is 13.3. The zero-order chi connectivity index (χ0) is 14.0. The topological polar surface area (TPSA) is 87.5 Å². The minimum Gasteiger partial charge on any atom is -0.478 e. The predicted octanol–water partition coefficient (Wildman–Crippen LogP) is 2.28. The number of rotatable bonds is 3. The van der Waals surface area contributed by atoms with Gasteiger partial charge >= 0.3 is 11.9 Å². The first kappa shape index (κ1) is 12.7. The van der Waals surface area contributed by atoms with E-state index < -0.39 is 17.8 Å². The molecule has 19 heavy (non-hydrogen) atoms. The van der Waals surface area contributed by atoms with Crippen molar-refractivity contribution in [3.05, 3.63) is 53.6 Å². The van der Waals surface area contributed by atoms with Crippen LogP contribution in [-0.2, 0) is 0 Å². The molecule has 2 aromatic rings. The van der Waals surface area contributed by atoms with E-state index in [1.165, 1.54) is 18.3 Å². The fourth-order valence-corrected chi connectivity index (χ4v) is 1.59. The van der Waals surface area contributed by atoms with E-state index in [0.29, 0.717) is 5.56 Å². The van der Waals surface area contributed by atoms with Crippen LogP contribution in [0.5, 0.6) is 0 Å². The molecule has 2 N–H and O–H groups in total. The van der Waals surface area contributed by atoms with Crippen LogP contribution in [0.2, 0.25) is 0 Å². The van der Waals surface area contributed by atoms with Crippen LogP contribution >= 0.6 is 0 Å². The molecule has 6 heteroatoms. The molecule has 5 nitrogen and oxygen atoms in total. The summed E-state index contributed by atoms with van der Waals surface area (Å²) in [6.07, 6.45) is 2.50. The Kier molecular flexibility index (Phi) is 3.24. The molecule has 0 aliphatic carbocycles. The Bertz CT molecular complexity index is 669. The number of pyridine rings is 1. The molecule has 0 spiro atoms. The van der Waals surface area contributed by atoms with Gasteiger partial charge in [0.2, 0.25) is 0 Å². The van der Waals surface area contributed by atoms with Gasteiger partial charge in [-0.1, -0.05) is 0 Å². The van der Waals surface area contributed by atoms with E-state index in [0.717, 1.165) is 18.3 Å². The molecule has 0 atom stereocenters. The number of halogens is 1. The van der Waals surface area contributed by atoms with Crippen molar-refractivity contribution in [2.45, 2.75) is 0 Å². The minimum atomic E-state index is -1.26. The largest absolute Gasteiger partial charge is 0.478 e. The second-order valence-corrected chi connectivity index (χ2v) is 3.80. The third-order valence-electron chi connectivity index (χ3n) is 2.46. The van der Waals surface area contributed by atoms with E-state index in [1.807, 2.05) is 0 Å². The van der Waals surface area contributed by atoms with Gasteiger partial charge in [0.25, 0.3) is 0 Å². The first-order valence-electron chi connectivity index (χ1n) is 5.20. The number of aromatic carboxylic acids is 2. The summed E-state index contributed by atoms with van der Waals surface area (Å²) < 4.78 is 13.3. The van der Waals surface area contributed by atoms with Crippen LogP contribution < -0.4 is 0 Å². The normalized spacial score (nSPS) is 10.2. The molecule has 0 radical (unpaired) electrons. The highest BCUT2D eigenvalue weighted by atomic mass is 19.1. The molecule has 96 valence electrons. The van der Waals surface area contributed by atoms with Crippen molar-refractivity contribution in [2.75, 3.05) is 0 Å². The summed E-state index contributed by atoms with van der Waals surface area (Å²) in [4.78, 5) is 25.4. The number of hydrogen-bond donors (Lipinski definition) is 2. The van der Waals surface area contributed by atoms with Gasteiger partial charge in [-0.15, -0.1) is 0 Å². The number of hydrogen-bond acceptors (Lipinski definition) is 3. The lowest BCUT2D eigenvalue weighted by Gasteiger charge is -2.04. The molecule has 0 aliphatic rings. The fourth-order valence-electron chi connectivity index (χ4n) is 1.59.